The molecule has 0 bridgehead atoms. The van der Waals surface area contributed by atoms with Crippen molar-refractivity contribution in [2.75, 3.05) is 0 Å². The van der Waals surface area contributed by atoms with E-state index in [0.717, 1.165) is 72.8 Å². The molecule has 0 radical (unpaired) electrons. The van der Waals surface area contributed by atoms with Gasteiger partial charge >= 0.3 is 24.7 Å². The third-order valence-corrected chi connectivity index (χ3v) is 13.6. The van der Waals surface area contributed by atoms with Gasteiger partial charge in [0.05, 0.1) is 55.7 Å². The molecule has 78 heavy (non-hydrogen) atoms. The highest BCUT2D eigenvalue weighted by Crippen LogP contribution is 2.47. The van der Waals surface area contributed by atoms with Crippen LogP contribution in [-0.4, -0.2) is 29.1 Å². The Bertz CT molecular complexity index is 4110. The Kier molecular flexibility index (Phi) is 11.5. The van der Waals surface area contributed by atoms with E-state index in [1.165, 1.54) is 15.3 Å². The van der Waals surface area contributed by atoms with E-state index >= 15 is 0 Å². The Labute approximate surface area is 433 Å². The lowest BCUT2D eigenvalue weighted by Gasteiger charge is -2.21. The van der Waals surface area contributed by atoms with Gasteiger partial charge in [0.2, 0.25) is 0 Å². The van der Waals surface area contributed by atoms with Crippen molar-refractivity contribution >= 4 is 43.6 Å². The number of nitrogens with zero attached hydrogens (tertiary/aromatic N) is 6. The van der Waals surface area contributed by atoms with Crippen molar-refractivity contribution in [1.82, 2.24) is 29.1 Å². The summed E-state index contributed by atoms with van der Waals surface area (Å²) in [4.78, 5) is 18.8. The van der Waals surface area contributed by atoms with Crippen molar-refractivity contribution in [3.63, 3.8) is 0 Å². The summed E-state index contributed by atoms with van der Waals surface area (Å²) in [7, 11) is 0. The minimum absolute atomic E-state index is 0.0473. The highest BCUT2D eigenvalue weighted by atomic mass is 19.4. The van der Waals surface area contributed by atoms with Crippen LogP contribution < -0.4 is 0 Å². The van der Waals surface area contributed by atoms with Gasteiger partial charge < -0.3 is 9.13 Å². The van der Waals surface area contributed by atoms with E-state index in [0.29, 0.717) is 27.8 Å². The highest BCUT2D eigenvalue weighted by Gasteiger charge is 2.36. The summed E-state index contributed by atoms with van der Waals surface area (Å²) in [5.41, 5.74) is -0.719. The first kappa shape index (κ1) is 49.6. The third kappa shape index (κ3) is 8.81. The van der Waals surface area contributed by atoms with Gasteiger partial charge in [-0.2, -0.15) is 52.7 Å². The van der Waals surface area contributed by atoms with Crippen LogP contribution >= 0.6 is 0 Å². The van der Waals surface area contributed by atoms with Crippen LogP contribution in [0.5, 0.6) is 0 Å². The number of fused-ring (bicyclic) bond motifs is 6. The molecule has 6 nitrogen and oxygen atoms in total. The van der Waals surface area contributed by atoms with Crippen LogP contribution in [0.25, 0.3) is 111 Å². The molecule has 4 aromatic heterocycles. The second-order valence-corrected chi connectivity index (χ2v) is 18.3. The van der Waals surface area contributed by atoms with Gasteiger partial charge in [0, 0.05) is 67.3 Å². The lowest BCUT2D eigenvalue weighted by atomic mass is 9.95. The van der Waals surface area contributed by atoms with Gasteiger partial charge in [-0.1, -0.05) is 91.0 Å². The molecule has 4 heterocycles. The van der Waals surface area contributed by atoms with Crippen LogP contribution in [0.15, 0.2) is 194 Å². The molecule has 0 aliphatic heterocycles. The zero-order valence-electron chi connectivity index (χ0n) is 39.7. The number of hydrogen-bond donors (Lipinski definition) is 0. The fourth-order valence-electron chi connectivity index (χ4n) is 9.95. The molecule has 386 valence electrons. The number of alkyl halides is 12. The summed E-state index contributed by atoms with van der Waals surface area (Å²) in [5, 5.41) is -0.701. The smallest absolute Gasteiger partial charge is 0.309 e. The lowest BCUT2D eigenvalue weighted by molar-refractivity contribution is -0.138. The summed E-state index contributed by atoms with van der Waals surface area (Å²) < 4.78 is 177. The summed E-state index contributed by atoms with van der Waals surface area (Å²) in [6.07, 6.45) is -16.5. The monoisotopic (exact) mass is 1060 g/mol. The maximum atomic E-state index is 14.5. The fourth-order valence-corrected chi connectivity index (χ4v) is 9.95. The first-order valence-electron chi connectivity index (χ1n) is 23.7. The number of pyridine rings is 1. The van der Waals surface area contributed by atoms with Crippen LogP contribution in [-0.2, 0) is 24.7 Å². The van der Waals surface area contributed by atoms with Crippen molar-refractivity contribution in [1.29, 1.82) is 0 Å². The van der Waals surface area contributed by atoms with Crippen molar-refractivity contribution < 1.29 is 52.7 Å². The Hall–Kier alpha value is -9.32. The number of benzene rings is 8. The van der Waals surface area contributed by atoms with E-state index in [9.17, 15) is 52.7 Å². The summed E-state index contributed by atoms with van der Waals surface area (Å²) in [6, 6.07) is 42.4. The van der Waals surface area contributed by atoms with Crippen LogP contribution in [0.2, 0.25) is 0 Å². The molecule has 8 aromatic carbocycles. The van der Waals surface area contributed by atoms with E-state index in [1.54, 1.807) is 103 Å². The summed E-state index contributed by atoms with van der Waals surface area (Å²) >= 11 is 0. The van der Waals surface area contributed by atoms with E-state index in [1.807, 2.05) is 12.1 Å². The SMILES string of the molecule is FC(F)(F)c1ccc2c(c1)c1cc(C(F)(F)F)ccc1n2-c1cc(-c2cccnc2)ccc1-c1ccc(-c2nc(-c3ccccc3)nc(-c3ccccc3)n2)cc1-n1c2ccc(C(F)(F)F)cc2c2cc(C(F)(F)F)ccc21. The zero-order chi connectivity index (χ0) is 54.5. The normalized spacial score (nSPS) is 12.6. The predicted molar refractivity (Wildman–Crippen MR) is 273 cm³/mol. The van der Waals surface area contributed by atoms with Crippen LogP contribution in [0.3, 0.4) is 0 Å². The van der Waals surface area contributed by atoms with Crippen molar-refractivity contribution in [3.05, 3.63) is 217 Å². The van der Waals surface area contributed by atoms with Gasteiger partial charge in [-0.25, -0.2) is 15.0 Å². The highest BCUT2D eigenvalue weighted by molar-refractivity contribution is 6.12. The maximum absolute atomic E-state index is 14.5. The third-order valence-electron chi connectivity index (χ3n) is 13.6. The van der Waals surface area contributed by atoms with E-state index in [-0.39, 0.29) is 83.6 Å². The largest absolute Gasteiger partial charge is 0.416 e. The molecule has 0 spiro atoms. The minimum Gasteiger partial charge on any atom is -0.309 e. The molecular weight excluding hydrogens is 1030 g/mol. The van der Waals surface area contributed by atoms with Gasteiger partial charge in [0.15, 0.2) is 17.5 Å². The fraction of sp³-hybridized carbons (Fsp3) is 0.0667. The molecule has 0 saturated carbocycles. The molecule has 0 fully saturated rings. The Morgan fingerprint density at radius 1 is 0.295 bits per heavy atom. The standard InChI is InChI=1S/C60H32F12N6/c61-57(62,63)38-15-21-48-44(28-38)45-29-39(58(64,65)66)16-22-49(45)77(48)52-26-35(37-12-7-25-73-32-37)13-19-42(52)43-20-14-36(56-75-54(33-8-3-1-4-9-33)74-55(76-56)34-10-5-2-6-11-34)27-53(43)78-50-23-17-40(59(67,68)69)30-46(50)47-31-41(60(70,71)72)18-24-51(47)78/h1-32H. The Balaban J connectivity index is 1.21. The molecule has 18 heteroatoms. The second-order valence-electron chi connectivity index (χ2n) is 18.3. The maximum Gasteiger partial charge on any atom is 0.416 e. The molecular formula is C60H32F12N6. The summed E-state index contributed by atoms with van der Waals surface area (Å²) in [6.45, 7) is 0. The van der Waals surface area contributed by atoms with Crippen molar-refractivity contribution in [2.45, 2.75) is 24.7 Å². The Morgan fingerprint density at radius 2 is 0.628 bits per heavy atom. The molecule has 0 unspecified atom stereocenters. The molecule has 0 aliphatic rings. The van der Waals surface area contributed by atoms with Gasteiger partial charge in [0.1, 0.15) is 0 Å². The molecule has 0 atom stereocenters. The number of hydrogen-bond acceptors (Lipinski definition) is 4. The van der Waals surface area contributed by atoms with Crippen LogP contribution in [0.1, 0.15) is 22.3 Å². The topological polar surface area (TPSA) is 61.4 Å². The first-order valence-corrected chi connectivity index (χ1v) is 23.7. The Morgan fingerprint density at radius 3 is 0.974 bits per heavy atom. The van der Waals surface area contributed by atoms with E-state index in [2.05, 4.69) is 4.98 Å². The molecule has 12 rings (SSSR count). The van der Waals surface area contributed by atoms with Gasteiger partial charge in [-0.05, 0) is 96.6 Å². The molecule has 0 amide bonds. The number of halogens is 12. The van der Waals surface area contributed by atoms with Crippen LogP contribution in [0.4, 0.5) is 52.7 Å². The molecule has 0 N–H and O–H groups in total. The van der Waals surface area contributed by atoms with Crippen molar-refractivity contribution in [3.8, 4) is 67.8 Å². The van der Waals surface area contributed by atoms with E-state index in [4.69, 9.17) is 15.0 Å². The lowest BCUT2D eigenvalue weighted by Crippen LogP contribution is -2.06. The predicted octanol–water partition coefficient (Wildman–Crippen LogP) is 17.9. The van der Waals surface area contributed by atoms with Crippen molar-refractivity contribution in [2.24, 2.45) is 0 Å². The average Bonchev–Trinajstić information content (AvgIpc) is 4.18. The van der Waals surface area contributed by atoms with Gasteiger partial charge in [0.25, 0.3) is 0 Å². The van der Waals surface area contributed by atoms with Gasteiger partial charge in [-0.3, -0.25) is 4.98 Å². The first-order chi connectivity index (χ1) is 37.2. The zero-order valence-corrected chi connectivity index (χ0v) is 39.7. The number of rotatable bonds is 7. The quantitative estimate of drug-likeness (QED) is 0.149. The van der Waals surface area contributed by atoms with E-state index < -0.39 is 47.0 Å². The molecule has 0 saturated heterocycles. The molecule has 0 aliphatic carbocycles. The number of aromatic nitrogens is 6. The molecule has 12 aromatic rings. The van der Waals surface area contributed by atoms with Crippen LogP contribution in [0, 0.1) is 0 Å². The second kappa shape index (κ2) is 18.2. The minimum atomic E-state index is -4.91. The average molecular weight is 1060 g/mol. The van der Waals surface area contributed by atoms with Gasteiger partial charge in [-0.15, -0.1) is 0 Å². The summed E-state index contributed by atoms with van der Waals surface area (Å²) in [5.74, 6) is 0.650.